The molecule has 4 heterocycles. The minimum absolute atomic E-state index is 0.646. The van der Waals surface area contributed by atoms with Crippen molar-refractivity contribution in [1.82, 2.24) is 24.8 Å². The zero-order valence-corrected chi connectivity index (χ0v) is 25.6. The average Bonchev–Trinajstić information content (AvgIpc) is 3.61. The average molecular weight is 609 g/mol. The summed E-state index contributed by atoms with van der Waals surface area (Å²) in [7, 11) is 1.69. The zero-order valence-electron chi connectivity index (χ0n) is 24.0. The van der Waals surface area contributed by atoms with Crippen LogP contribution < -0.4 is 24.5 Å². The first kappa shape index (κ1) is 28.6. The number of likely N-dealkylation sites (tertiary alicyclic amines) is 1. The van der Waals surface area contributed by atoms with Gasteiger partial charge in [0.15, 0.2) is 16.6 Å². The number of rotatable bonds is 9. The summed E-state index contributed by atoms with van der Waals surface area (Å²) in [6.45, 7) is 8.32. The maximum Gasteiger partial charge on any atom is 0.173 e. The fraction of sp³-hybridized carbons (Fsp3) is 0.433. The third kappa shape index (κ3) is 5.99. The molecule has 2 aromatic heterocycles. The van der Waals surface area contributed by atoms with Gasteiger partial charge in [-0.1, -0.05) is 0 Å². The molecular weight excluding hydrogens is 572 g/mol. The lowest BCUT2D eigenvalue weighted by atomic mass is 10.1. The van der Waals surface area contributed by atoms with Crippen molar-refractivity contribution in [3.63, 3.8) is 0 Å². The van der Waals surface area contributed by atoms with Crippen LogP contribution in [0.1, 0.15) is 26.2 Å². The number of nitrogens with one attached hydrogen (secondary N) is 3. The summed E-state index contributed by atoms with van der Waals surface area (Å²) in [5.41, 5.74) is 3.51. The summed E-state index contributed by atoms with van der Waals surface area (Å²) in [6, 6.07) is 12.4. The molecule has 3 N–H and O–H groups in total. The number of benzene rings is 2. The largest absolute Gasteiger partial charge is 0.493 e. The Bertz CT molecular complexity index is 1540. The molecule has 42 heavy (non-hydrogen) atoms. The van der Waals surface area contributed by atoms with E-state index in [-0.39, 0.29) is 0 Å². The molecular formula is C30H37ClN8O2S. The molecule has 2 aliphatic heterocycles. The number of ether oxygens (including phenoxy) is 2. The number of fused-ring (bicyclic) bond motifs is 3. The van der Waals surface area contributed by atoms with E-state index in [9.17, 15) is 0 Å². The highest BCUT2D eigenvalue weighted by Crippen LogP contribution is 2.38. The number of thiocarbonyl (C=S) groups is 1. The van der Waals surface area contributed by atoms with Crippen molar-refractivity contribution in [2.75, 3.05) is 68.0 Å². The molecule has 12 heteroatoms. The SMILES string of the molecule is COc1cc2c(cc1OCCCN1CCCC1C)[nH]c1ncnc(N3CCN(C(=S)Nc4ccc(NCl)cc4)CC3)c12. The molecule has 0 spiro atoms. The fourth-order valence-electron chi connectivity index (χ4n) is 5.94. The van der Waals surface area contributed by atoms with E-state index < -0.39 is 0 Å². The summed E-state index contributed by atoms with van der Waals surface area (Å²) >= 11 is 11.4. The standard InChI is InChI=1S/C30H37ClN8O2S/c1-20-5-3-10-37(20)11-4-16-41-26-18-24-23(17-25(26)40-2)27-28(35-24)32-19-33-29(27)38-12-14-39(15-13-38)30(42)34-21-6-8-22(36-31)9-7-21/h6-9,17-20,36H,3-5,10-16H2,1-2H3,(H,34,42)(H,32,33,35). The molecule has 1 unspecified atom stereocenters. The highest BCUT2D eigenvalue weighted by atomic mass is 35.5. The Morgan fingerprint density at radius 2 is 1.86 bits per heavy atom. The van der Waals surface area contributed by atoms with Crippen molar-refractivity contribution in [3.8, 4) is 11.5 Å². The molecule has 4 aromatic rings. The summed E-state index contributed by atoms with van der Waals surface area (Å²) in [5, 5.41) is 6.04. The molecule has 6 rings (SSSR count). The number of nitrogens with zero attached hydrogens (tertiary/aromatic N) is 5. The maximum absolute atomic E-state index is 6.21. The van der Waals surface area contributed by atoms with Crippen LogP contribution in [-0.2, 0) is 0 Å². The first-order valence-electron chi connectivity index (χ1n) is 14.5. The van der Waals surface area contributed by atoms with Crippen LogP contribution in [0.2, 0.25) is 0 Å². The van der Waals surface area contributed by atoms with Crippen molar-refractivity contribution in [2.24, 2.45) is 0 Å². The molecule has 2 saturated heterocycles. The van der Waals surface area contributed by atoms with Gasteiger partial charge in [-0.15, -0.1) is 0 Å². The highest BCUT2D eigenvalue weighted by Gasteiger charge is 2.24. The van der Waals surface area contributed by atoms with E-state index in [0.29, 0.717) is 23.5 Å². The van der Waals surface area contributed by atoms with Gasteiger partial charge in [-0.25, -0.2) is 9.97 Å². The molecule has 2 fully saturated rings. The quantitative estimate of drug-likeness (QED) is 0.129. The Balaban J connectivity index is 1.14. The van der Waals surface area contributed by atoms with Gasteiger partial charge in [0.05, 0.1) is 24.6 Å². The molecule has 2 aromatic carbocycles. The number of methoxy groups -OCH3 is 1. The van der Waals surface area contributed by atoms with Crippen LogP contribution in [0.5, 0.6) is 11.5 Å². The molecule has 0 amide bonds. The molecule has 0 saturated carbocycles. The van der Waals surface area contributed by atoms with E-state index in [4.69, 9.17) is 38.5 Å². The highest BCUT2D eigenvalue weighted by molar-refractivity contribution is 7.80. The number of aromatic nitrogens is 3. The molecule has 0 aliphatic carbocycles. The van der Waals surface area contributed by atoms with Gasteiger partial charge >= 0.3 is 0 Å². The van der Waals surface area contributed by atoms with Crippen molar-refractivity contribution >= 4 is 68.2 Å². The van der Waals surface area contributed by atoms with Gasteiger partial charge in [0.25, 0.3) is 0 Å². The lowest BCUT2D eigenvalue weighted by molar-refractivity contribution is 0.226. The summed E-state index contributed by atoms with van der Waals surface area (Å²) in [4.78, 5) is 22.4. The lowest BCUT2D eigenvalue weighted by Crippen LogP contribution is -2.50. The minimum Gasteiger partial charge on any atom is -0.493 e. The number of hydrogen-bond donors (Lipinski definition) is 3. The van der Waals surface area contributed by atoms with Gasteiger partial charge in [-0.2, -0.15) is 0 Å². The number of H-pyrrole nitrogens is 1. The molecule has 2 aliphatic rings. The van der Waals surface area contributed by atoms with E-state index in [2.05, 4.69) is 41.7 Å². The zero-order chi connectivity index (χ0) is 29.1. The normalized spacial score (nSPS) is 17.6. The van der Waals surface area contributed by atoms with Crippen LogP contribution in [-0.4, -0.2) is 88.9 Å². The molecule has 10 nitrogen and oxygen atoms in total. The first-order chi connectivity index (χ1) is 20.5. The monoisotopic (exact) mass is 608 g/mol. The first-order valence-corrected chi connectivity index (χ1v) is 15.3. The summed E-state index contributed by atoms with van der Waals surface area (Å²) < 4.78 is 12.0. The Morgan fingerprint density at radius 1 is 1.07 bits per heavy atom. The van der Waals surface area contributed by atoms with Crippen LogP contribution in [0.15, 0.2) is 42.7 Å². The van der Waals surface area contributed by atoms with Gasteiger partial charge in [-0.3, -0.25) is 4.84 Å². The van der Waals surface area contributed by atoms with Gasteiger partial charge < -0.3 is 34.5 Å². The van der Waals surface area contributed by atoms with Gasteiger partial charge in [-0.05, 0) is 75.3 Å². The van der Waals surface area contributed by atoms with E-state index in [1.807, 2.05) is 36.4 Å². The van der Waals surface area contributed by atoms with Gasteiger partial charge in [0, 0.05) is 73.4 Å². The second-order valence-electron chi connectivity index (χ2n) is 10.9. The topological polar surface area (TPSA) is 93.8 Å². The second-order valence-corrected chi connectivity index (χ2v) is 11.5. The minimum atomic E-state index is 0.646. The van der Waals surface area contributed by atoms with Crippen LogP contribution in [0.4, 0.5) is 17.2 Å². The van der Waals surface area contributed by atoms with Crippen LogP contribution in [0.25, 0.3) is 21.9 Å². The van der Waals surface area contributed by atoms with Crippen LogP contribution in [0.3, 0.4) is 0 Å². The molecule has 1 atom stereocenters. The van der Waals surface area contributed by atoms with E-state index in [1.165, 1.54) is 19.4 Å². The molecule has 222 valence electrons. The number of piperazine rings is 1. The number of halogens is 1. The van der Waals surface area contributed by atoms with Crippen LogP contribution >= 0.6 is 24.0 Å². The van der Waals surface area contributed by atoms with E-state index in [0.717, 1.165) is 84.0 Å². The number of hydrogen-bond acceptors (Lipinski definition) is 8. The second kappa shape index (κ2) is 12.8. The third-order valence-electron chi connectivity index (χ3n) is 8.30. The Kier molecular flexibility index (Phi) is 8.68. The van der Waals surface area contributed by atoms with Crippen molar-refractivity contribution in [2.45, 2.75) is 32.2 Å². The maximum atomic E-state index is 6.21. The van der Waals surface area contributed by atoms with Crippen molar-refractivity contribution in [3.05, 3.63) is 42.7 Å². The summed E-state index contributed by atoms with van der Waals surface area (Å²) in [5.74, 6) is 2.36. The number of aromatic amines is 1. The fourth-order valence-corrected chi connectivity index (χ4v) is 6.37. The van der Waals surface area contributed by atoms with Crippen molar-refractivity contribution in [1.29, 1.82) is 0 Å². The molecule has 0 bridgehead atoms. The van der Waals surface area contributed by atoms with Crippen molar-refractivity contribution < 1.29 is 9.47 Å². The van der Waals surface area contributed by atoms with Gasteiger partial charge in [0.2, 0.25) is 0 Å². The predicted molar refractivity (Wildman–Crippen MR) is 174 cm³/mol. The molecule has 0 radical (unpaired) electrons. The van der Waals surface area contributed by atoms with E-state index in [1.54, 1.807) is 13.4 Å². The third-order valence-corrected chi connectivity index (χ3v) is 8.88. The Hall–Kier alpha value is -3.54. The smallest absolute Gasteiger partial charge is 0.173 e. The lowest BCUT2D eigenvalue weighted by Gasteiger charge is -2.37. The Morgan fingerprint density at radius 3 is 2.57 bits per heavy atom. The van der Waals surface area contributed by atoms with E-state index >= 15 is 0 Å². The Labute approximate surface area is 256 Å². The summed E-state index contributed by atoms with van der Waals surface area (Å²) in [6.07, 6.45) is 5.19. The van der Waals surface area contributed by atoms with Crippen LogP contribution in [0, 0.1) is 0 Å². The van der Waals surface area contributed by atoms with Gasteiger partial charge in [0.1, 0.15) is 17.8 Å². The number of anilines is 3. The predicted octanol–water partition coefficient (Wildman–Crippen LogP) is 5.46.